The predicted molar refractivity (Wildman–Crippen MR) is 81.8 cm³/mol. The van der Waals surface area contributed by atoms with E-state index in [1.165, 1.54) is 18.4 Å². The van der Waals surface area contributed by atoms with E-state index in [9.17, 15) is 0 Å². The number of pyridine rings is 1. The van der Waals surface area contributed by atoms with Gasteiger partial charge in [-0.05, 0) is 65.7 Å². The highest BCUT2D eigenvalue weighted by Gasteiger charge is 2.21. The first-order valence-corrected chi connectivity index (χ1v) is 7.55. The average Bonchev–Trinajstić information content (AvgIpc) is 2.24. The summed E-state index contributed by atoms with van der Waals surface area (Å²) in [5.41, 5.74) is 1.60. The van der Waals surface area contributed by atoms with E-state index < -0.39 is 0 Å². The van der Waals surface area contributed by atoms with Crippen molar-refractivity contribution < 1.29 is 0 Å². The fourth-order valence-corrected chi connectivity index (χ4v) is 2.88. The molecule has 102 valence electrons. The van der Waals surface area contributed by atoms with Crippen LogP contribution in [0.2, 0.25) is 0 Å². The zero-order valence-electron chi connectivity index (χ0n) is 12.0. The topological polar surface area (TPSA) is 24.9 Å². The average molecular weight is 313 g/mol. The van der Waals surface area contributed by atoms with Crippen molar-refractivity contribution in [2.24, 2.45) is 5.41 Å². The molecule has 1 N–H and O–H groups in total. The lowest BCUT2D eigenvalue weighted by Gasteiger charge is -2.28. The number of hydrogen-bond donors (Lipinski definition) is 1. The highest BCUT2D eigenvalue weighted by molar-refractivity contribution is 9.10. The van der Waals surface area contributed by atoms with E-state index in [0.717, 1.165) is 17.4 Å². The molecular weight excluding hydrogens is 288 g/mol. The molecule has 18 heavy (non-hydrogen) atoms. The molecule has 1 heterocycles. The zero-order chi connectivity index (χ0) is 13.6. The molecule has 0 bridgehead atoms. The first-order chi connectivity index (χ1) is 8.43. The molecule has 0 spiro atoms. The third kappa shape index (κ3) is 5.96. The normalized spacial score (nSPS) is 13.6. The second-order valence-corrected chi connectivity index (χ2v) is 6.83. The van der Waals surface area contributed by atoms with Crippen LogP contribution in [-0.4, -0.2) is 17.6 Å². The van der Waals surface area contributed by atoms with Gasteiger partial charge in [0.1, 0.15) is 0 Å². The molecule has 3 heteroatoms. The molecule has 0 aromatic carbocycles. The minimum Gasteiger partial charge on any atom is -0.314 e. The maximum Gasteiger partial charge on any atom is 0.0410 e. The summed E-state index contributed by atoms with van der Waals surface area (Å²) in [7, 11) is 0. The molecule has 0 amide bonds. The van der Waals surface area contributed by atoms with E-state index in [-0.39, 0.29) is 0 Å². The van der Waals surface area contributed by atoms with Crippen LogP contribution in [0.3, 0.4) is 0 Å². The van der Waals surface area contributed by atoms with Gasteiger partial charge in [0.15, 0.2) is 0 Å². The van der Waals surface area contributed by atoms with Crippen LogP contribution in [0, 0.1) is 5.41 Å². The largest absolute Gasteiger partial charge is 0.314 e. The number of aromatic nitrogens is 1. The Bertz CT molecular complexity index is 363. The highest BCUT2D eigenvalue weighted by Crippen LogP contribution is 2.28. The van der Waals surface area contributed by atoms with Crippen LogP contribution in [0.1, 0.15) is 46.1 Å². The van der Waals surface area contributed by atoms with Crippen LogP contribution in [0.25, 0.3) is 0 Å². The van der Waals surface area contributed by atoms with Gasteiger partial charge in [-0.3, -0.25) is 4.98 Å². The van der Waals surface area contributed by atoms with Gasteiger partial charge >= 0.3 is 0 Å². The molecule has 1 aromatic heterocycles. The fraction of sp³-hybridized carbons (Fsp3) is 0.667. The predicted octanol–water partition coefficient (Wildman–Crippen LogP) is 4.19. The van der Waals surface area contributed by atoms with Gasteiger partial charge in [-0.2, -0.15) is 0 Å². The number of hydrogen-bond acceptors (Lipinski definition) is 2. The van der Waals surface area contributed by atoms with Crippen molar-refractivity contribution in [3.63, 3.8) is 0 Å². The number of halogens is 1. The van der Waals surface area contributed by atoms with E-state index >= 15 is 0 Å². The summed E-state index contributed by atoms with van der Waals surface area (Å²) < 4.78 is 1.06. The van der Waals surface area contributed by atoms with E-state index in [2.05, 4.69) is 60.0 Å². The Morgan fingerprint density at radius 1 is 1.39 bits per heavy atom. The van der Waals surface area contributed by atoms with Gasteiger partial charge in [-0.15, -0.1) is 0 Å². The number of nitrogens with zero attached hydrogens (tertiary/aromatic N) is 1. The number of nitrogens with one attached hydrogen (secondary N) is 1. The number of rotatable bonds is 7. The molecule has 1 rings (SSSR count). The molecule has 0 saturated carbocycles. The molecule has 1 unspecified atom stereocenters. The fourth-order valence-electron chi connectivity index (χ4n) is 2.47. The smallest absolute Gasteiger partial charge is 0.0410 e. The van der Waals surface area contributed by atoms with Crippen LogP contribution >= 0.6 is 15.9 Å². The van der Waals surface area contributed by atoms with Crippen LogP contribution in [0.4, 0.5) is 0 Å². The molecule has 0 saturated heterocycles. The summed E-state index contributed by atoms with van der Waals surface area (Å²) in [6.45, 7) is 10.3. The van der Waals surface area contributed by atoms with Gasteiger partial charge in [0.25, 0.3) is 0 Å². The Hall–Kier alpha value is -0.410. The first kappa shape index (κ1) is 15.6. The van der Waals surface area contributed by atoms with E-state index in [1.54, 1.807) is 0 Å². The van der Waals surface area contributed by atoms with Gasteiger partial charge in [-0.25, -0.2) is 0 Å². The molecule has 0 aliphatic carbocycles. The Morgan fingerprint density at radius 3 is 2.72 bits per heavy atom. The summed E-state index contributed by atoms with van der Waals surface area (Å²) in [5.74, 6) is 0. The van der Waals surface area contributed by atoms with Crippen molar-refractivity contribution in [1.82, 2.24) is 10.3 Å². The maximum atomic E-state index is 4.23. The summed E-state index contributed by atoms with van der Waals surface area (Å²) in [5, 5.41) is 3.56. The second kappa shape index (κ2) is 7.25. The van der Waals surface area contributed by atoms with Gasteiger partial charge in [-0.1, -0.05) is 20.8 Å². The van der Waals surface area contributed by atoms with Crippen molar-refractivity contribution in [3.8, 4) is 0 Å². The van der Waals surface area contributed by atoms with E-state index in [1.807, 2.05) is 12.4 Å². The maximum absolute atomic E-state index is 4.23. The van der Waals surface area contributed by atoms with Crippen LogP contribution in [-0.2, 0) is 6.42 Å². The van der Waals surface area contributed by atoms with Crippen molar-refractivity contribution in [2.75, 3.05) is 6.54 Å². The Balaban J connectivity index is 2.53. The molecule has 0 fully saturated rings. The summed E-state index contributed by atoms with van der Waals surface area (Å²) in [6.07, 6.45) is 7.25. The van der Waals surface area contributed by atoms with Gasteiger partial charge in [0.05, 0.1) is 0 Å². The summed E-state index contributed by atoms with van der Waals surface area (Å²) >= 11 is 3.48. The highest BCUT2D eigenvalue weighted by atomic mass is 79.9. The van der Waals surface area contributed by atoms with Crippen molar-refractivity contribution in [3.05, 3.63) is 28.5 Å². The SMILES string of the molecule is CCCNC(C)CC(C)(C)Cc1cncc(Br)c1. The Morgan fingerprint density at radius 2 is 2.11 bits per heavy atom. The summed E-state index contributed by atoms with van der Waals surface area (Å²) in [6, 6.07) is 2.74. The first-order valence-electron chi connectivity index (χ1n) is 6.76. The van der Waals surface area contributed by atoms with Crippen molar-refractivity contribution in [1.29, 1.82) is 0 Å². The molecular formula is C15H25BrN2. The summed E-state index contributed by atoms with van der Waals surface area (Å²) in [4.78, 5) is 4.23. The third-order valence-corrected chi connectivity index (χ3v) is 3.48. The Labute approximate surface area is 120 Å². The molecule has 2 nitrogen and oxygen atoms in total. The lowest BCUT2D eigenvalue weighted by molar-refractivity contribution is 0.287. The van der Waals surface area contributed by atoms with Gasteiger partial charge in [0.2, 0.25) is 0 Å². The molecule has 1 aromatic rings. The lowest BCUT2D eigenvalue weighted by atomic mass is 9.81. The van der Waals surface area contributed by atoms with Crippen LogP contribution in [0.15, 0.2) is 22.9 Å². The molecule has 0 radical (unpaired) electrons. The molecule has 0 aliphatic heterocycles. The van der Waals surface area contributed by atoms with Crippen molar-refractivity contribution in [2.45, 2.75) is 53.0 Å². The molecule has 1 atom stereocenters. The minimum absolute atomic E-state index is 0.294. The van der Waals surface area contributed by atoms with Gasteiger partial charge in [0, 0.05) is 22.9 Å². The minimum atomic E-state index is 0.294. The monoisotopic (exact) mass is 312 g/mol. The van der Waals surface area contributed by atoms with E-state index in [4.69, 9.17) is 0 Å². The molecule has 0 aliphatic rings. The second-order valence-electron chi connectivity index (χ2n) is 5.91. The van der Waals surface area contributed by atoms with E-state index in [0.29, 0.717) is 11.5 Å². The van der Waals surface area contributed by atoms with Crippen LogP contribution in [0.5, 0.6) is 0 Å². The van der Waals surface area contributed by atoms with Gasteiger partial charge < -0.3 is 5.32 Å². The zero-order valence-corrected chi connectivity index (χ0v) is 13.5. The standard InChI is InChI=1S/C15H25BrN2/c1-5-6-18-12(2)8-15(3,4)9-13-7-14(16)11-17-10-13/h7,10-12,18H,5-6,8-9H2,1-4H3. The third-order valence-electron chi connectivity index (χ3n) is 3.05. The van der Waals surface area contributed by atoms with Crippen LogP contribution < -0.4 is 5.32 Å². The lowest BCUT2D eigenvalue weighted by Crippen LogP contribution is -2.32. The van der Waals surface area contributed by atoms with Crippen molar-refractivity contribution >= 4 is 15.9 Å². The Kier molecular flexibility index (Phi) is 6.30. The quantitative estimate of drug-likeness (QED) is 0.816.